The topological polar surface area (TPSA) is 68.6 Å². The molecule has 4 aliphatic heterocycles. The fourth-order valence-corrected chi connectivity index (χ4v) is 10.8. The first-order valence-electron chi connectivity index (χ1n) is 19.3. The smallest absolute Gasteiger partial charge is 0.175 e. The first-order chi connectivity index (χ1) is 25.4. The van der Waals surface area contributed by atoms with Crippen LogP contribution in [0.2, 0.25) is 0 Å². The molecule has 0 amide bonds. The summed E-state index contributed by atoms with van der Waals surface area (Å²) in [6.45, 7) is 12.3. The SMILES string of the molecule is BC12CCC(O)(CN(c3nc(CCC45CCCN4CCC5)nc4c(F)c(-c5cc(C)cc6ccc(F)c(C#C)c56)ncc34)C1)N2CC1=C(C)CC(=C)C1. The molecule has 0 spiro atoms. The van der Waals surface area contributed by atoms with Gasteiger partial charge in [0.2, 0.25) is 0 Å². The molecule has 0 saturated carbocycles. The van der Waals surface area contributed by atoms with E-state index in [9.17, 15) is 5.11 Å². The van der Waals surface area contributed by atoms with Crippen LogP contribution < -0.4 is 4.90 Å². The molecule has 0 radical (unpaired) electrons. The third kappa shape index (κ3) is 5.53. The minimum absolute atomic E-state index is 0.0810. The van der Waals surface area contributed by atoms with Gasteiger partial charge >= 0.3 is 0 Å². The van der Waals surface area contributed by atoms with Crippen molar-refractivity contribution >= 4 is 35.3 Å². The summed E-state index contributed by atoms with van der Waals surface area (Å²) >= 11 is 0. The molecule has 9 rings (SSSR count). The van der Waals surface area contributed by atoms with Crippen LogP contribution in [0.5, 0.6) is 0 Å². The van der Waals surface area contributed by atoms with Gasteiger partial charge in [-0.2, -0.15) is 0 Å². The van der Waals surface area contributed by atoms with Crippen LogP contribution in [0.15, 0.2) is 53.8 Å². The highest BCUT2D eigenvalue weighted by Crippen LogP contribution is 2.47. The van der Waals surface area contributed by atoms with Gasteiger partial charge < -0.3 is 10.0 Å². The lowest BCUT2D eigenvalue weighted by molar-refractivity contribution is -0.103. The van der Waals surface area contributed by atoms with Crippen molar-refractivity contribution in [2.24, 2.45) is 0 Å². The molecule has 272 valence electrons. The molecular formula is C43H47BF2N6O. The Hall–Kier alpha value is -4.17. The lowest BCUT2D eigenvalue weighted by Gasteiger charge is -2.52. The number of hydrogen-bond donors (Lipinski definition) is 1. The van der Waals surface area contributed by atoms with Gasteiger partial charge in [0.15, 0.2) is 5.82 Å². The molecule has 1 N–H and O–H groups in total. The number of pyridine rings is 1. The fourth-order valence-electron chi connectivity index (χ4n) is 10.8. The van der Waals surface area contributed by atoms with Gasteiger partial charge in [0.1, 0.15) is 42.2 Å². The third-order valence-electron chi connectivity index (χ3n) is 13.4. The molecule has 2 aromatic carbocycles. The Labute approximate surface area is 311 Å². The Morgan fingerprint density at radius 2 is 1.83 bits per heavy atom. The van der Waals surface area contributed by atoms with E-state index in [1.165, 1.54) is 48.5 Å². The van der Waals surface area contributed by atoms with E-state index in [4.69, 9.17) is 21.4 Å². The molecule has 7 nitrogen and oxygen atoms in total. The van der Waals surface area contributed by atoms with Crippen molar-refractivity contribution in [2.45, 2.75) is 94.8 Å². The van der Waals surface area contributed by atoms with E-state index in [1.807, 2.05) is 19.1 Å². The summed E-state index contributed by atoms with van der Waals surface area (Å²) in [5.41, 5.74) is 4.37. The summed E-state index contributed by atoms with van der Waals surface area (Å²) in [4.78, 5) is 22.0. The van der Waals surface area contributed by atoms with Crippen LogP contribution >= 0.6 is 0 Å². The number of β-amino-alcohol motifs (C(OH)–C–C–N with tert-alkyl or cyclic N) is 1. The van der Waals surface area contributed by atoms with E-state index in [-0.39, 0.29) is 27.8 Å². The van der Waals surface area contributed by atoms with E-state index < -0.39 is 17.4 Å². The van der Waals surface area contributed by atoms with Gasteiger partial charge in [-0.15, -0.1) is 6.42 Å². The van der Waals surface area contributed by atoms with Crippen LogP contribution in [-0.4, -0.2) is 87.1 Å². The van der Waals surface area contributed by atoms with Gasteiger partial charge in [-0.1, -0.05) is 41.4 Å². The van der Waals surface area contributed by atoms with Crippen LogP contribution in [0.3, 0.4) is 0 Å². The van der Waals surface area contributed by atoms with E-state index in [0.717, 1.165) is 49.7 Å². The molecule has 2 unspecified atom stereocenters. The van der Waals surface area contributed by atoms with Gasteiger partial charge in [0.05, 0.1) is 17.5 Å². The second-order valence-electron chi connectivity index (χ2n) is 17.0. The number of aromatic nitrogens is 3. The molecule has 5 aliphatic rings. The van der Waals surface area contributed by atoms with Gasteiger partial charge in [-0.05, 0) is 108 Å². The number of aryl methyl sites for hydroxylation is 2. The number of aliphatic hydroxyl groups is 1. The molecule has 4 fully saturated rings. The van der Waals surface area contributed by atoms with Gasteiger partial charge in [-0.25, -0.2) is 18.7 Å². The van der Waals surface area contributed by atoms with Crippen LogP contribution in [0.1, 0.15) is 81.7 Å². The standard InChI is InChI=1S/C43H47BF2N6O/c1-5-31-34(45)9-8-29-19-27(3)21-32(36(29)31)38-37(46)39-33(22-47-38)40(49-35(48-39)10-13-41-11-6-16-51(41)17-7-12-41)50-24-42(44)14-15-43(53,25-50)52(42)23-30-20-26(2)18-28(30)4/h1,8-9,19,21-22,53H,2,6-7,10-18,20,23-25,44H2,3-4H3. The van der Waals surface area contributed by atoms with E-state index in [0.29, 0.717) is 60.5 Å². The zero-order valence-corrected chi connectivity index (χ0v) is 31.2. The highest BCUT2D eigenvalue weighted by Gasteiger charge is 2.57. The highest BCUT2D eigenvalue weighted by atomic mass is 19.1. The maximum atomic E-state index is 17.3. The second kappa shape index (κ2) is 12.4. The summed E-state index contributed by atoms with van der Waals surface area (Å²) < 4.78 is 32.4. The minimum atomic E-state index is -1.07. The van der Waals surface area contributed by atoms with Crippen molar-refractivity contribution in [3.8, 4) is 23.6 Å². The molecule has 4 saturated heterocycles. The molecule has 10 heteroatoms. The van der Waals surface area contributed by atoms with Crippen LogP contribution in [0.25, 0.3) is 32.9 Å². The zero-order valence-electron chi connectivity index (χ0n) is 31.2. The second-order valence-corrected chi connectivity index (χ2v) is 17.0. The number of fused-ring (bicyclic) bond motifs is 5. The lowest BCUT2D eigenvalue weighted by Crippen LogP contribution is -2.68. The summed E-state index contributed by atoms with van der Waals surface area (Å²) in [5, 5.41) is 14.1. The number of rotatable bonds is 7. The van der Waals surface area contributed by atoms with Gasteiger partial charge in [0, 0.05) is 47.6 Å². The number of allylic oxidation sites excluding steroid dienone is 2. The molecular weight excluding hydrogens is 665 g/mol. The molecule has 6 heterocycles. The summed E-state index contributed by atoms with van der Waals surface area (Å²) in [6.07, 6.45) is 17.1. The van der Waals surface area contributed by atoms with Crippen molar-refractivity contribution in [1.82, 2.24) is 24.8 Å². The Bertz CT molecular complexity index is 2270. The van der Waals surface area contributed by atoms with Crippen molar-refractivity contribution in [2.75, 3.05) is 37.6 Å². The van der Waals surface area contributed by atoms with E-state index >= 15 is 8.78 Å². The number of piperazine rings is 1. The fraction of sp³-hybridized carbons (Fsp3) is 0.465. The average Bonchev–Trinajstić information content (AvgIpc) is 3.83. The van der Waals surface area contributed by atoms with Crippen molar-refractivity contribution in [3.63, 3.8) is 0 Å². The predicted octanol–water partition coefficient (Wildman–Crippen LogP) is 6.57. The molecule has 4 aromatic rings. The Balaban J connectivity index is 1.16. The third-order valence-corrected chi connectivity index (χ3v) is 13.4. The number of benzene rings is 2. The quantitative estimate of drug-likeness (QED) is 0.132. The zero-order chi connectivity index (χ0) is 36.9. The van der Waals surface area contributed by atoms with Gasteiger partial charge in [0.25, 0.3) is 0 Å². The largest absolute Gasteiger partial charge is 0.374 e. The van der Waals surface area contributed by atoms with Crippen LogP contribution in [-0.2, 0) is 6.42 Å². The van der Waals surface area contributed by atoms with Crippen molar-refractivity contribution in [3.05, 3.63) is 82.3 Å². The summed E-state index contributed by atoms with van der Waals surface area (Å²) in [7, 11) is 2.23. The van der Waals surface area contributed by atoms with Crippen molar-refractivity contribution in [1.29, 1.82) is 0 Å². The number of nitrogens with zero attached hydrogens (tertiary/aromatic N) is 6. The molecule has 2 bridgehead atoms. The summed E-state index contributed by atoms with van der Waals surface area (Å²) in [6, 6.07) is 6.77. The molecule has 2 aromatic heterocycles. The number of hydrogen-bond acceptors (Lipinski definition) is 7. The normalized spacial score (nSPS) is 25.7. The molecule has 2 atom stereocenters. The first-order valence-corrected chi connectivity index (χ1v) is 19.3. The van der Waals surface area contributed by atoms with E-state index in [2.05, 4.69) is 42.0 Å². The maximum Gasteiger partial charge on any atom is 0.175 e. The number of terminal acetylenes is 1. The minimum Gasteiger partial charge on any atom is -0.374 e. The predicted molar refractivity (Wildman–Crippen MR) is 209 cm³/mol. The molecule has 1 aliphatic carbocycles. The number of halogens is 2. The maximum absolute atomic E-state index is 17.3. The van der Waals surface area contributed by atoms with Crippen LogP contribution in [0.4, 0.5) is 14.6 Å². The lowest BCUT2D eigenvalue weighted by atomic mass is 9.74. The Kier molecular flexibility index (Phi) is 8.12. The first kappa shape index (κ1) is 34.6. The molecule has 53 heavy (non-hydrogen) atoms. The Morgan fingerprint density at radius 3 is 2.55 bits per heavy atom. The summed E-state index contributed by atoms with van der Waals surface area (Å²) in [5.74, 6) is 2.59. The number of anilines is 1. The highest BCUT2D eigenvalue weighted by molar-refractivity contribution is 6.16. The van der Waals surface area contributed by atoms with Gasteiger partial charge in [-0.3, -0.25) is 14.8 Å². The van der Waals surface area contributed by atoms with Crippen molar-refractivity contribution < 1.29 is 13.9 Å². The van der Waals surface area contributed by atoms with E-state index in [1.54, 1.807) is 12.3 Å². The monoisotopic (exact) mass is 712 g/mol. The van der Waals surface area contributed by atoms with Crippen LogP contribution in [0, 0.1) is 30.9 Å². The Morgan fingerprint density at radius 1 is 1.04 bits per heavy atom. The average molecular weight is 713 g/mol.